The van der Waals surface area contributed by atoms with Gasteiger partial charge in [0.15, 0.2) is 11.5 Å². The Morgan fingerprint density at radius 3 is 2.52 bits per heavy atom. The van der Waals surface area contributed by atoms with Crippen molar-refractivity contribution in [1.29, 1.82) is 0 Å². The fourth-order valence-corrected chi connectivity index (χ4v) is 3.84. The maximum atomic E-state index is 12.7. The molecule has 0 bridgehead atoms. The van der Waals surface area contributed by atoms with Gasteiger partial charge in [0.25, 0.3) is 5.91 Å². The van der Waals surface area contributed by atoms with Crippen LogP contribution in [0.3, 0.4) is 0 Å². The van der Waals surface area contributed by atoms with E-state index in [-0.39, 0.29) is 17.6 Å². The predicted octanol–water partition coefficient (Wildman–Crippen LogP) is 4.87. The number of nitrogens with one attached hydrogen (secondary N) is 1. The molecule has 3 aromatic rings. The molecule has 0 unspecified atom stereocenters. The molecular formula is C23H24ClN3O2. The van der Waals surface area contributed by atoms with Crippen LogP contribution in [-0.2, 0) is 0 Å². The van der Waals surface area contributed by atoms with Crippen LogP contribution in [0.2, 0.25) is 5.02 Å². The number of aromatic nitrogens is 1. The van der Waals surface area contributed by atoms with E-state index >= 15 is 0 Å². The molecule has 29 heavy (non-hydrogen) atoms. The summed E-state index contributed by atoms with van der Waals surface area (Å²) in [5.74, 6) is 0.356. The van der Waals surface area contributed by atoms with Crippen LogP contribution in [0.5, 0.6) is 0 Å². The number of aryl methyl sites for hydroxylation is 1. The third-order valence-corrected chi connectivity index (χ3v) is 5.62. The summed E-state index contributed by atoms with van der Waals surface area (Å²) in [5, 5.41) is 7.70. The molecule has 0 aliphatic carbocycles. The Bertz CT molecular complexity index is 961. The smallest absolute Gasteiger partial charge is 0.273 e. The molecule has 1 saturated heterocycles. The van der Waals surface area contributed by atoms with Gasteiger partial charge in [-0.05, 0) is 50.6 Å². The largest absolute Gasteiger partial charge is 0.355 e. The van der Waals surface area contributed by atoms with E-state index in [1.165, 1.54) is 18.4 Å². The number of hydrogen-bond donors (Lipinski definition) is 1. The zero-order chi connectivity index (χ0) is 20.2. The van der Waals surface area contributed by atoms with Crippen LogP contribution in [-0.4, -0.2) is 35.6 Å². The lowest BCUT2D eigenvalue weighted by atomic mass is 10.1. The molecule has 5 nitrogen and oxygen atoms in total. The number of carbonyl (C=O) groups is 1. The van der Waals surface area contributed by atoms with Crippen molar-refractivity contribution < 1.29 is 9.32 Å². The van der Waals surface area contributed by atoms with Crippen molar-refractivity contribution in [3.8, 4) is 11.3 Å². The van der Waals surface area contributed by atoms with Crippen molar-refractivity contribution >= 4 is 17.5 Å². The lowest BCUT2D eigenvalue weighted by molar-refractivity contribution is 0.0929. The molecule has 1 aliphatic rings. The van der Waals surface area contributed by atoms with Crippen LogP contribution in [0.25, 0.3) is 11.3 Å². The molecule has 150 valence electrons. The summed E-state index contributed by atoms with van der Waals surface area (Å²) in [6, 6.07) is 17.6. The van der Waals surface area contributed by atoms with E-state index in [9.17, 15) is 4.79 Å². The molecule has 2 heterocycles. The molecule has 1 atom stereocenters. The SMILES string of the molecule is Cc1ccc(-c2cc(C(=O)NC[C@H](c3ccc(Cl)cc3)N3CCCC3)no2)cc1. The van der Waals surface area contributed by atoms with Crippen LogP contribution < -0.4 is 5.32 Å². The van der Waals surface area contributed by atoms with Gasteiger partial charge < -0.3 is 9.84 Å². The van der Waals surface area contributed by atoms with Crippen molar-refractivity contribution in [2.24, 2.45) is 0 Å². The van der Waals surface area contributed by atoms with Crippen LogP contribution >= 0.6 is 11.6 Å². The molecule has 1 N–H and O–H groups in total. The van der Waals surface area contributed by atoms with E-state index in [0.717, 1.165) is 24.2 Å². The molecular weight excluding hydrogens is 386 g/mol. The van der Waals surface area contributed by atoms with Crippen molar-refractivity contribution in [3.63, 3.8) is 0 Å². The summed E-state index contributed by atoms with van der Waals surface area (Å²) in [5.41, 5.74) is 3.51. The lowest BCUT2D eigenvalue weighted by Gasteiger charge is -2.28. The number of benzene rings is 2. The van der Waals surface area contributed by atoms with E-state index in [4.69, 9.17) is 16.1 Å². The minimum Gasteiger partial charge on any atom is -0.355 e. The summed E-state index contributed by atoms with van der Waals surface area (Å²) in [4.78, 5) is 15.1. The Kier molecular flexibility index (Phi) is 5.97. The predicted molar refractivity (Wildman–Crippen MR) is 114 cm³/mol. The minimum atomic E-state index is -0.231. The molecule has 0 spiro atoms. The first-order chi connectivity index (χ1) is 14.1. The molecule has 1 aromatic heterocycles. The van der Waals surface area contributed by atoms with Crippen LogP contribution in [0.4, 0.5) is 0 Å². The topological polar surface area (TPSA) is 58.4 Å². The first kappa shape index (κ1) is 19.7. The highest BCUT2D eigenvalue weighted by molar-refractivity contribution is 6.30. The van der Waals surface area contributed by atoms with E-state index in [1.807, 2.05) is 55.5 Å². The van der Waals surface area contributed by atoms with Gasteiger partial charge in [-0.2, -0.15) is 0 Å². The first-order valence-electron chi connectivity index (χ1n) is 9.91. The summed E-state index contributed by atoms with van der Waals surface area (Å²) < 4.78 is 5.38. The fourth-order valence-electron chi connectivity index (χ4n) is 3.71. The minimum absolute atomic E-state index is 0.113. The van der Waals surface area contributed by atoms with E-state index < -0.39 is 0 Å². The van der Waals surface area contributed by atoms with Crippen molar-refractivity contribution in [2.75, 3.05) is 19.6 Å². The fraction of sp³-hybridized carbons (Fsp3) is 0.304. The van der Waals surface area contributed by atoms with Crippen LogP contribution in [0, 0.1) is 6.92 Å². The van der Waals surface area contributed by atoms with E-state index in [1.54, 1.807) is 6.07 Å². The Balaban J connectivity index is 1.45. The normalized spacial score (nSPS) is 15.4. The van der Waals surface area contributed by atoms with Gasteiger partial charge >= 0.3 is 0 Å². The Hall–Kier alpha value is -2.63. The maximum Gasteiger partial charge on any atom is 0.273 e. The third-order valence-electron chi connectivity index (χ3n) is 5.37. The highest BCUT2D eigenvalue weighted by atomic mass is 35.5. The van der Waals surface area contributed by atoms with Crippen LogP contribution in [0.15, 0.2) is 59.1 Å². The molecule has 0 radical (unpaired) electrons. The number of nitrogens with zero attached hydrogens (tertiary/aromatic N) is 2. The van der Waals surface area contributed by atoms with Gasteiger partial charge in [0.05, 0.1) is 6.04 Å². The second-order valence-corrected chi connectivity index (χ2v) is 7.90. The molecule has 1 fully saturated rings. The summed E-state index contributed by atoms with van der Waals surface area (Å²) >= 11 is 6.04. The third kappa shape index (κ3) is 4.69. The average Bonchev–Trinajstić information content (AvgIpc) is 3.42. The zero-order valence-electron chi connectivity index (χ0n) is 16.4. The molecule has 6 heteroatoms. The van der Waals surface area contributed by atoms with Gasteiger partial charge in [0.2, 0.25) is 0 Å². The van der Waals surface area contributed by atoms with E-state index in [2.05, 4.69) is 15.4 Å². The van der Waals surface area contributed by atoms with Crippen molar-refractivity contribution in [3.05, 3.63) is 76.4 Å². The average molecular weight is 410 g/mol. The number of likely N-dealkylation sites (tertiary alicyclic amines) is 1. The molecule has 0 saturated carbocycles. The number of amides is 1. The van der Waals surface area contributed by atoms with Gasteiger partial charge in [-0.15, -0.1) is 0 Å². The monoisotopic (exact) mass is 409 g/mol. The van der Waals surface area contributed by atoms with Gasteiger partial charge in [-0.1, -0.05) is 58.7 Å². The van der Waals surface area contributed by atoms with Gasteiger partial charge in [0.1, 0.15) is 0 Å². The molecule has 1 amide bonds. The number of carbonyl (C=O) groups excluding carboxylic acids is 1. The summed E-state index contributed by atoms with van der Waals surface area (Å²) in [6.07, 6.45) is 2.36. The van der Waals surface area contributed by atoms with Crippen LogP contribution in [0.1, 0.15) is 40.5 Å². The second kappa shape index (κ2) is 8.80. The first-order valence-corrected chi connectivity index (χ1v) is 10.3. The summed E-state index contributed by atoms with van der Waals surface area (Å²) in [7, 11) is 0. The number of hydrogen-bond acceptors (Lipinski definition) is 4. The number of rotatable bonds is 6. The van der Waals surface area contributed by atoms with Gasteiger partial charge in [-0.25, -0.2) is 0 Å². The summed E-state index contributed by atoms with van der Waals surface area (Å²) in [6.45, 7) is 4.60. The molecule has 4 rings (SSSR count). The molecule has 2 aromatic carbocycles. The quantitative estimate of drug-likeness (QED) is 0.631. The second-order valence-electron chi connectivity index (χ2n) is 7.46. The van der Waals surface area contributed by atoms with Crippen molar-refractivity contribution in [2.45, 2.75) is 25.8 Å². The zero-order valence-corrected chi connectivity index (χ0v) is 17.2. The Morgan fingerprint density at radius 2 is 1.83 bits per heavy atom. The Labute approximate surface area is 175 Å². The van der Waals surface area contributed by atoms with Gasteiger partial charge in [0, 0.05) is 23.2 Å². The lowest BCUT2D eigenvalue weighted by Crippen LogP contribution is -2.36. The maximum absolute atomic E-state index is 12.7. The van der Waals surface area contributed by atoms with Gasteiger partial charge in [-0.3, -0.25) is 9.69 Å². The van der Waals surface area contributed by atoms with Crippen molar-refractivity contribution in [1.82, 2.24) is 15.4 Å². The number of halogens is 1. The molecule has 1 aliphatic heterocycles. The highest BCUT2D eigenvalue weighted by Gasteiger charge is 2.24. The van der Waals surface area contributed by atoms with E-state index in [0.29, 0.717) is 17.3 Å². The Morgan fingerprint density at radius 1 is 1.14 bits per heavy atom. The highest BCUT2D eigenvalue weighted by Crippen LogP contribution is 2.26. The standard InChI is InChI=1S/C23H24ClN3O2/c1-16-4-6-18(7-5-16)22-14-20(26-29-22)23(28)25-15-21(27-12-2-3-13-27)17-8-10-19(24)11-9-17/h4-11,14,21H,2-3,12-13,15H2,1H3,(H,25,28)/t21-/m1/s1.